The van der Waals surface area contributed by atoms with Crippen molar-refractivity contribution in [2.75, 3.05) is 12.4 Å². The minimum atomic E-state index is -0.724. The number of thioether (sulfide) groups is 1. The molecule has 2 N–H and O–H groups in total. The van der Waals surface area contributed by atoms with Crippen LogP contribution in [0.4, 0.5) is 0 Å². The highest BCUT2D eigenvalue weighted by molar-refractivity contribution is 7.99. The van der Waals surface area contributed by atoms with Crippen LogP contribution >= 0.6 is 35.0 Å². The molecule has 6 heteroatoms. The Morgan fingerprint density at radius 1 is 1.33 bits per heavy atom. The van der Waals surface area contributed by atoms with Gasteiger partial charge in [0.2, 0.25) is 0 Å². The summed E-state index contributed by atoms with van der Waals surface area (Å²) in [6.07, 6.45) is 0.904. The Hall–Kier alpha value is -0.420. The van der Waals surface area contributed by atoms with E-state index in [4.69, 9.17) is 23.2 Å². The van der Waals surface area contributed by atoms with Crippen LogP contribution in [0.3, 0.4) is 0 Å². The number of halogens is 2. The summed E-state index contributed by atoms with van der Waals surface area (Å²) in [6.45, 7) is 0.117. The maximum atomic E-state index is 11.5. The van der Waals surface area contributed by atoms with Crippen molar-refractivity contribution in [2.45, 2.75) is 11.3 Å². The van der Waals surface area contributed by atoms with Crippen molar-refractivity contribution in [1.29, 1.82) is 0 Å². The van der Waals surface area contributed by atoms with Crippen molar-refractivity contribution in [3.63, 3.8) is 0 Å². The largest absolute Gasteiger partial charge is 0.481 e. The first kappa shape index (κ1) is 15.5. The molecule has 114 valence electrons. The second-order valence-corrected chi connectivity index (χ2v) is 7.74. The van der Waals surface area contributed by atoms with Gasteiger partial charge in [-0.25, -0.2) is 0 Å². The van der Waals surface area contributed by atoms with Gasteiger partial charge in [0, 0.05) is 17.3 Å². The van der Waals surface area contributed by atoms with E-state index in [-0.39, 0.29) is 30.3 Å². The number of benzene rings is 1. The van der Waals surface area contributed by atoms with Crippen LogP contribution in [0, 0.1) is 29.6 Å². The van der Waals surface area contributed by atoms with Gasteiger partial charge in [0.25, 0.3) is 0 Å². The lowest BCUT2D eigenvalue weighted by molar-refractivity contribution is -0.143. The summed E-state index contributed by atoms with van der Waals surface area (Å²) >= 11 is 13.5. The predicted molar refractivity (Wildman–Crippen MR) is 84.0 cm³/mol. The Bertz CT molecular complexity index is 566. The summed E-state index contributed by atoms with van der Waals surface area (Å²) in [5.41, 5.74) is 0. The normalized spacial score (nSPS) is 33.8. The number of rotatable bonds is 5. The van der Waals surface area contributed by atoms with Crippen LogP contribution < -0.4 is 0 Å². The molecule has 21 heavy (non-hydrogen) atoms. The van der Waals surface area contributed by atoms with Gasteiger partial charge in [-0.1, -0.05) is 23.2 Å². The van der Waals surface area contributed by atoms with Crippen molar-refractivity contribution in [3.05, 3.63) is 28.2 Å². The van der Waals surface area contributed by atoms with E-state index in [1.807, 2.05) is 12.1 Å². The molecule has 0 aliphatic heterocycles. The van der Waals surface area contributed by atoms with Crippen LogP contribution in [0.5, 0.6) is 0 Å². The van der Waals surface area contributed by atoms with E-state index < -0.39 is 5.97 Å². The first-order valence-electron chi connectivity index (χ1n) is 6.94. The SMILES string of the molecule is O=C(O)C1C(CSc2ccc(Cl)c(Cl)c2)CC2C(CO)C21. The number of aliphatic hydroxyl groups excluding tert-OH is 1. The molecule has 0 bridgehead atoms. The van der Waals surface area contributed by atoms with Gasteiger partial charge in [-0.15, -0.1) is 11.8 Å². The highest BCUT2D eigenvalue weighted by atomic mass is 35.5. The van der Waals surface area contributed by atoms with Crippen molar-refractivity contribution in [2.24, 2.45) is 29.6 Å². The summed E-state index contributed by atoms with van der Waals surface area (Å²) in [6, 6.07) is 5.48. The van der Waals surface area contributed by atoms with Crippen LogP contribution in [-0.2, 0) is 4.79 Å². The van der Waals surface area contributed by atoms with Gasteiger partial charge in [0.05, 0.1) is 16.0 Å². The fourth-order valence-electron chi connectivity index (χ4n) is 3.71. The molecule has 2 aliphatic carbocycles. The predicted octanol–water partition coefficient (Wildman–Crippen LogP) is 3.66. The van der Waals surface area contributed by atoms with Crippen LogP contribution in [0.15, 0.2) is 23.1 Å². The molecule has 0 amide bonds. The number of fused-ring (bicyclic) bond motifs is 1. The van der Waals surface area contributed by atoms with Gasteiger partial charge >= 0.3 is 5.97 Å². The molecule has 3 nitrogen and oxygen atoms in total. The fraction of sp³-hybridized carbons (Fsp3) is 0.533. The summed E-state index contributed by atoms with van der Waals surface area (Å²) in [5.74, 6) is 0.667. The van der Waals surface area contributed by atoms with E-state index >= 15 is 0 Å². The van der Waals surface area contributed by atoms with Crippen molar-refractivity contribution in [3.8, 4) is 0 Å². The standard InChI is InChI=1S/C15H16Cl2O3S/c16-11-2-1-8(4-12(11)17)21-6-7-3-9-10(5-18)14(9)13(7)15(19)20/h1-2,4,7,9-10,13-14,18H,3,5-6H2,(H,19,20). The van der Waals surface area contributed by atoms with Gasteiger partial charge in [-0.2, -0.15) is 0 Å². The topological polar surface area (TPSA) is 57.5 Å². The number of hydrogen-bond acceptors (Lipinski definition) is 3. The summed E-state index contributed by atoms with van der Waals surface area (Å²) in [5, 5.41) is 19.7. The van der Waals surface area contributed by atoms with Gasteiger partial charge in [-0.05, 0) is 48.3 Å². The minimum absolute atomic E-state index is 0.117. The molecule has 0 radical (unpaired) electrons. The molecule has 2 aliphatic rings. The zero-order chi connectivity index (χ0) is 15.1. The van der Waals surface area contributed by atoms with E-state index in [2.05, 4.69) is 0 Å². The van der Waals surface area contributed by atoms with E-state index in [0.29, 0.717) is 16.0 Å². The Morgan fingerprint density at radius 3 is 2.71 bits per heavy atom. The van der Waals surface area contributed by atoms with Crippen molar-refractivity contribution < 1.29 is 15.0 Å². The van der Waals surface area contributed by atoms with E-state index in [1.54, 1.807) is 17.8 Å². The molecule has 3 rings (SSSR count). The van der Waals surface area contributed by atoms with Crippen LogP contribution in [0.25, 0.3) is 0 Å². The van der Waals surface area contributed by atoms with E-state index in [0.717, 1.165) is 17.1 Å². The fourth-order valence-corrected chi connectivity index (χ4v) is 5.19. The van der Waals surface area contributed by atoms with Crippen LogP contribution in [0.1, 0.15) is 6.42 Å². The van der Waals surface area contributed by atoms with Crippen LogP contribution in [0.2, 0.25) is 10.0 Å². The minimum Gasteiger partial charge on any atom is -0.481 e. The molecule has 5 unspecified atom stereocenters. The molecule has 2 saturated carbocycles. The summed E-state index contributed by atoms with van der Waals surface area (Å²) in [4.78, 5) is 12.5. The second-order valence-electron chi connectivity index (χ2n) is 5.83. The number of carboxylic acids is 1. The Balaban J connectivity index is 1.63. The quantitative estimate of drug-likeness (QED) is 0.798. The maximum absolute atomic E-state index is 11.5. The number of hydrogen-bond donors (Lipinski definition) is 2. The van der Waals surface area contributed by atoms with Gasteiger partial charge in [0.15, 0.2) is 0 Å². The zero-order valence-electron chi connectivity index (χ0n) is 11.2. The lowest BCUT2D eigenvalue weighted by Gasteiger charge is -2.20. The van der Waals surface area contributed by atoms with Gasteiger partial charge in [0.1, 0.15) is 0 Å². The highest BCUT2D eigenvalue weighted by Gasteiger charge is 2.63. The highest BCUT2D eigenvalue weighted by Crippen LogP contribution is 2.63. The molecule has 0 spiro atoms. The smallest absolute Gasteiger partial charge is 0.307 e. The third-order valence-corrected chi connectivity index (χ3v) is 6.67. The zero-order valence-corrected chi connectivity index (χ0v) is 13.5. The van der Waals surface area contributed by atoms with E-state index in [9.17, 15) is 15.0 Å². The molecule has 0 saturated heterocycles. The lowest BCUT2D eigenvalue weighted by atomic mass is 9.90. The molecule has 0 aromatic heterocycles. The molecular formula is C15H16Cl2O3S. The molecule has 1 aromatic carbocycles. The summed E-state index contributed by atoms with van der Waals surface area (Å²) < 4.78 is 0. The number of carboxylic acid groups (broad SMARTS) is 1. The first-order valence-corrected chi connectivity index (χ1v) is 8.68. The third-order valence-electron chi connectivity index (χ3n) is 4.75. The molecule has 5 atom stereocenters. The average molecular weight is 347 g/mol. The van der Waals surface area contributed by atoms with E-state index in [1.165, 1.54) is 0 Å². The van der Waals surface area contributed by atoms with Crippen molar-refractivity contribution in [1.82, 2.24) is 0 Å². The number of aliphatic hydroxyl groups is 1. The molecule has 1 aromatic rings. The molecule has 0 heterocycles. The Kier molecular flexibility index (Phi) is 4.42. The number of carbonyl (C=O) groups is 1. The monoisotopic (exact) mass is 346 g/mol. The Morgan fingerprint density at radius 2 is 2.10 bits per heavy atom. The second kappa shape index (κ2) is 5.99. The molecule has 2 fully saturated rings. The summed E-state index contributed by atoms with van der Waals surface area (Å²) in [7, 11) is 0. The Labute approximate surface area is 137 Å². The van der Waals surface area contributed by atoms with Crippen LogP contribution in [-0.4, -0.2) is 28.5 Å². The maximum Gasteiger partial charge on any atom is 0.307 e. The van der Waals surface area contributed by atoms with Gasteiger partial charge < -0.3 is 10.2 Å². The number of aliphatic carboxylic acids is 1. The lowest BCUT2D eigenvalue weighted by Crippen LogP contribution is -2.25. The van der Waals surface area contributed by atoms with Crippen molar-refractivity contribution >= 4 is 40.9 Å². The molecular weight excluding hydrogens is 331 g/mol. The average Bonchev–Trinajstić information content (AvgIpc) is 2.98. The third kappa shape index (κ3) is 2.91. The first-order chi connectivity index (χ1) is 10.0. The van der Waals surface area contributed by atoms with Gasteiger partial charge in [-0.3, -0.25) is 4.79 Å².